The van der Waals surface area contributed by atoms with Crippen LogP contribution < -0.4 is 0 Å². The SMILES string of the molecule is Cc1c2ccccc2c(-c2ccccc2)c2cc3c4ccccc4c4cc5ccccc5cc4c3cc12. The van der Waals surface area contributed by atoms with Crippen molar-refractivity contribution in [1.29, 1.82) is 0 Å². The van der Waals surface area contributed by atoms with Gasteiger partial charge in [-0.3, -0.25) is 0 Å². The summed E-state index contributed by atoms with van der Waals surface area (Å²) in [4.78, 5) is 0. The zero-order valence-electron chi connectivity index (χ0n) is 20.6. The van der Waals surface area contributed by atoms with E-state index in [4.69, 9.17) is 0 Å². The highest BCUT2D eigenvalue weighted by molar-refractivity contribution is 6.30. The minimum absolute atomic E-state index is 1.26. The molecule has 37 heavy (non-hydrogen) atoms. The molecule has 0 amide bonds. The van der Waals surface area contributed by atoms with Gasteiger partial charge in [-0.05, 0) is 113 Å². The van der Waals surface area contributed by atoms with Crippen LogP contribution in [-0.4, -0.2) is 0 Å². The summed E-state index contributed by atoms with van der Waals surface area (Å²) in [5.41, 5.74) is 3.93. The van der Waals surface area contributed by atoms with E-state index in [9.17, 15) is 0 Å². The van der Waals surface area contributed by atoms with Crippen molar-refractivity contribution < 1.29 is 0 Å². The standard InChI is InChI=1S/C37H24/c1-23-27-15-7-10-18-30(27)37(24-11-3-2-4-12-24)36-22-34-29-17-9-8-16-28(29)32-19-25-13-5-6-14-26(25)20-33(32)35(34)21-31(23)36/h2-22H,1H3. The van der Waals surface area contributed by atoms with Gasteiger partial charge in [0.1, 0.15) is 0 Å². The van der Waals surface area contributed by atoms with Gasteiger partial charge in [0, 0.05) is 0 Å². The van der Waals surface area contributed by atoms with Gasteiger partial charge in [0.2, 0.25) is 0 Å². The zero-order chi connectivity index (χ0) is 24.5. The minimum Gasteiger partial charge on any atom is -0.0622 e. The Morgan fingerprint density at radius 3 is 1.46 bits per heavy atom. The summed E-state index contributed by atoms with van der Waals surface area (Å²) in [7, 11) is 0. The molecule has 0 nitrogen and oxygen atoms in total. The Bertz CT molecular complexity index is 2180. The molecule has 0 N–H and O–H groups in total. The van der Waals surface area contributed by atoms with Crippen LogP contribution in [0, 0.1) is 6.92 Å². The predicted octanol–water partition coefficient (Wildman–Crippen LogP) is 10.6. The summed E-state index contributed by atoms with van der Waals surface area (Å²) in [6, 6.07) is 47.0. The molecule has 0 unspecified atom stereocenters. The molecule has 0 aliphatic carbocycles. The molecule has 8 rings (SSSR count). The summed E-state index contributed by atoms with van der Waals surface area (Å²) >= 11 is 0. The molecule has 0 aromatic heterocycles. The van der Waals surface area contributed by atoms with Crippen molar-refractivity contribution in [1.82, 2.24) is 0 Å². The highest BCUT2D eigenvalue weighted by Gasteiger charge is 2.17. The zero-order valence-corrected chi connectivity index (χ0v) is 20.6. The highest BCUT2D eigenvalue weighted by atomic mass is 14.2. The molecule has 172 valence electrons. The van der Waals surface area contributed by atoms with Crippen LogP contribution in [0.25, 0.3) is 75.8 Å². The van der Waals surface area contributed by atoms with Crippen molar-refractivity contribution in [3.8, 4) is 11.1 Å². The molecule has 0 aliphatic heterocycles. The second-order valence-electron chi connectivity index (χ2n) is 10.1. The van der Waals surface area contributed by atoms with Crippen molar-refractivity contribution in [3.63, 3.8) is 0 Å². The van der Waals surface area contributed by atoms with E-state index in [1.54, 1.807) is 0 Å². The number of benzene rings is 8. The topological polar surface area (TPSA) is 0 Å². The first kappa shape index (κ1) is 20.5. The molecule has 0 atom stereocenters. The fourth-order valence-electron chi connectivity index (χ4n) is 6.44. The van der Waals surface area contributed by atoms with Crippen LogP contribution in [0.5, 0.6) is 0 Å². The first-order chi connectivity index (χ1) is 18.3. The molecule has 0 radical (unpaired) electrons. The van der Waals surface area contributed by atoms with Gasteiger partial charge in [-0.1, -0.05) is 103 Å². The molecule has 0 heteroatoms. The summed E-state index contributed by atoms with van der Waals surface area (Å²) in [5, 5.41) is 15.8. The van der Waals surface area contributed by atoms with Gasteiger partial charge in [-0.25, -0.2) is 0 Å². The van der Waals surface area contributed by atoms with Crippen molar-refractivity contribution in [2.75, 3.05) is 0 Å². The molecule has 8 aromatic rings. The molecule has 0 saturated heterocycles. The quantitative estimate of drug-likeness (QED) is 0.166. The van der Waals surface area contributed by atoms with Crippen LogP contribution in [0.4, 0.5) is 0 Å². The van der Waals surface area contributed by atoms with Crippen molar-refractivity contribution in [2.24, 2.45) is 0 Å². The average Bonchev–Trinajstić information content (AvgIpc) is 2.96. The van der Waals surface area contributed by atoms with Gasteiger partial charge in [-0.15, -0.1) is 0 Å². The first-order valence-electron chi connectivity index (χ1n) is 13.0. The lowest BCUT2D eigenvalue weighted by Crippen LogP contribution is -1.91. The van der Waals surface area contributed by atoms with Gasteiger partial charge in [0.05, 0.1) is 0 Å². The van der Waals surface area contributed by atoms with E-state index in [0.29, 0.717) is 0 Å². The van der Waals surface area contributed by atoms with Gasteiger partial charge < -0.3 is 0 Å². The van der Waals surface area contributed by atoms with Crippen molar-refractivity contribution in [3.05, 3.63) is 133 Å². The van der Waals surface area contributed by atoms with Gasteiger partial charge in [-0.2, -0.15) is 0 Å². The van der Waals surface area contributed by atoms with E-state index in [1.165, 1.54) is 81.3 Å². The molecule has 0 fully saturated rings. The maximum Gasteiger partial charge on any atom is -0.00264 e. The molecule has 0 aliphatic rings. The Morgan fingerprint density at radius 1 is 0.324 bits per heavy atom. The summed E-state index contributed by atoms with van der Waals surface area (Å²) in [5.74, 6) is 0. The van der Waals surface area contributed by atoms with E-state index in [0.717, 1.165) is 0 Å². The van der Waals surface area contributed by atoms with Gasteiger partial charge >= 0.3 is 0 Å². The molecular weight excluding hydrogens is 444 g/mol. The summed E-state index contributed by atoms with van der Waals surface area (Å²) < 4.78 is 0. The Kier molecular flexibility index (Phi) is 4.24. The number of hydrogen-bond acceptors (Lipinski definition) is 0. The predicted molar refractivity (Wildman–Crippen MR) is 162 cm³/mol. The van der Waals surface area contributed by atoms with E-state index in [-0.39, 0.29) is 0 Å². The normalized spacial score (nSPS) is 11.9. The lowest BCUT2D eigenvalue weighted by Gasteiger charge is -2.18. The third kappa shape index (κ3) is 2.90. The van der Waals surface area contributed by atoms with Gasteiger partial charge in [0.15, 0.2) is 0 Å². The second kappa shape index (κ2) is 7.66. The Hall–Kier alpha value is -4.68. The number of rotatable bonds is 1. The van der Waals surface area contributed by atoms with Crippen LogP contribution in [0.2, 0.25) is 0 Å². The van der Waals surface area contributed by atoms with Crippen LogP contribution in [-0.2, 0) is 0 Å². The maximum absolute atomic E-state index is 2.46. The second-order valence-corrected chi connectivity index (χ2v) is 10.1. The van der Waals surface area contributed by atoms with Crippen molar-refractivity contribution in [2.45, 2.75) is 6.92 Å². The summed E-state index contributed by atoms with van der Waals surface area (Å²) in [6.07, 6.45) is 0. The van der Waals surface area contributed by atoms with Crippen LogP contribution >= 0.6 is 0 Å². The van der Waals surface area contributed by atoms with E-state index >= 15 is 0 Å². The largest absolute Gasteiger partial charge is 0.0622 e. The Balaban J connectivity index is 1.66. The number of aryl methyl sites for hydroxylation is 1. The number of hydrogen-bond donors (Lipinski definition) is 0. The van der Waals surface area contributed by atoms with E-state index in [2.05, 4.69) is 134 Å². The molecule has 0 bridgehead atoms. The fraction of sp³-hybridized carbons (Fsp3) is 0.0270. The fourth-order valence-corrected chi connectivity index (χ4v) is 6.44. The van der Waals surface area contributed by atoms with E-state index < -0.39 is 0 Å². The molecule has 8 aromatic carbocycles. The maximum atomic E-state index is 2.46. The number of fused-ring (bicyclic) bond motifs is 9. The minimum atomic E-state index is 1.26. The molecule has 0 saturated carbocycles. The van der Waals surface area contributed by atoms with Crippen molar-refractivity contribution >= 4 is 64.6 Å². The average molecular weight is 469 g/mol. The van der Waals surface area contributed by atoms with Gasteiger partial charge in [0.25, 0.3) is 0 Å². The third-order valence-corrected chi connectivity index (χ3v) is 8.18. The molecule has 0 heterocycles. The molecule has 0 spiro atoms. The van der Waals surface area contributed by atoms with Crippen LogP contribution in [0.15, 0.2) is 127 Å². The third-order valence-electron chi connectivity index (χ3n) is 8.18. The Labute approximate surface area is 215 Å². The van der Waals surface area contributed by atoms with Crippen LogP contribution in [0.1, 0.15) is 5.56 Å². The first-order valence-corrected chi connectivity index (χ1v) is 13.0. The lowest BCUT2D eigenvalue weighted by atomic mass is 9.85. The molecular formula is C37H24. The van der Waals surface area contributed by atoms with Crippen LogP contribution in [0.3, 0.4) is 0 Å². The smallest absolute Gasteiger partial charge is 0.00264 e. The highest BCUT2D eigenvalue weighted by Crippen LogP contribution is 2.44. The lowest BCUT2D eigenvalue weighted by molar-refractivity contribution is 1.58. The summed E-state index contributed by atoms with van der Waals surface area (Å²) in [6.45, 7) is 2.28. The van der Waals surface area contributed by atoms with E-state index in [1.807, 2.05) is 0 Å². The monoisotopic (exact) mass is 468 g/mol. The Morgan fingerprint density at radius 2 is 0.784 bits per heavy atom.